The Bertz CT molecular complexity index is 1120. The van der Waals surface area contributed by atoms with Gasteiger partial charge in [-0.2, -0.15) is 0 Å². The lowest BCUT2D eigenvalue weighted by molar-refractivity contribution is 0.0834. The fraction of sp³-hybridized carbons (Fsp3) is 0.444. The normalized spacial score (nSPS) is 15.8. The average Bonchev–Trinajstić information content (AvgIpc) is 3.53. The van der Waals surface area contributed by atoms with Gasteiger partial charge >= 0.3 is 0 Å². The lowest BCUT2D eigenvalue weighted by atomic mass is 9.92. The molecule has 1 saturated heterocycles. The minimum atomic E-state index is -0.215. The molecular formula is C27H34N4O3S. The molecule has 1 fully saturated rings. The molecular weight excluding hydrogens is 460 g/mol. The van der Waals surface area contributed by atoms with E-state index < -0.39 is 0 Å². The first-order valence-corrected chi connectivity index (χ1v) is 13.0. The first-order chi connectivity index (χ1) is 16.8. The Balaban J connectivity index is 1.42. The number of hydrogen-bond acceptors (Lipinski definition) is 7. The van der Waals surface area contributed by atoms with Gasteiger partial charge in [-0.3, -0.25) is 4.79 Å². The summed E-state index contributed by atoms with van der Waals surface area (Å²) in [5.41, 5.74) is 2.10. The lowest BCUT2D eigenvalue weighted by Gasteiger charge is -2.23. The van der Waals surface area contributed by atoms with Crippen molar-refractivity contribution in [1.82, 2.24) is 15.3 Å². The van der Waals surface area contributed by atoms with E-state index in [1.54, 1.807) is 6.07 Å². The number of ether oxygens (including phenoxy) is 1. The van der Waals surface area contributed by atoms with Crippen molar-refractivity contribution >= 4 is 23.5 Å². The molecule has 0 radical (unpaired) electrons. The summed E-state index contributed by atoms with van der Waals surface area (Å²) in [7, 11) is 2.05. The molecule has 0 bridgehead atoms. The zero-order chi connectivity index (χ0) is 24.8. The predicted octanol–water partition coefficient (Wildman–Crippen LogP) is 5.20. The van der Waals surface area contributed by atoms with Crippen LogP contribution in [-0.4, -0.2) is 42.2 Å². The highest BCUT2D eigenvalue weighted by Crippen LogP contribution is 2.29. The van der Waals surface area contributed by atoms with Crippen molar-refractivity contribution in [2.45, 2.75) is 62.6 Å². The molecule has 1 aliphatic heterocycles. The zero-order valence-electron chi connectivity index (χ0n) is 20.9. The third-order valence-electron chi connectivity index (χ3n) is 5.86. The molecule has 4 rings (SSSR count). The third kappa shape index (κ3) is 7.08. The Morgan fingerprint density at radius 1 is 1.17 bits per heavy atom. The Morgan fingerprint density at radius 3 is 2.69 bits per heavy atom. The monoisotopic (exact) mass is 494 g/mol. The molecule has 1 aliphatic rings. The van der Waals surface area contributed by atoms with Crippen LogP contribution in [0.5, 0.6) is 0 Å². The predicted molar refractivity (Wildman–Crippen MR) is 139 cm³/mol. The van der Waals surface area contributed by atoms with Crippen LogP contribution in [0.4, 0.5) is 5.82 Å². The highest BCUT2D eigenvalue weighted by atomic mass is 32.2. The van der Waals surface area contributed by atoms with Gasteiger partial charge in [-0.15, -0.1) is 0 Å². The van der Waals surface area contributed by atoms with E-state index in [2.05, 4.69) is 49.2 Å². The van der Waals surface area contributed by atoms with Crippen LogP contribution >= 0.6 is 11.8 Å². The van der Waals surface area contributed by atoms with Crippen LogP contribution in [0.1, 0.15) is 61.2 Å². The molecule has 1 N–H and O–H groups in total. The molecule has 7 nitrogen and oxygen atoms in total. The molecule has 186 valence electrons. The summed E-state index contributed by atoms with van der Waals surface area (Å²) in [6.45, 7) is 8.49. The Labute approximate surface area is 211 Å². The number of thioether (sulfide) groups is 1. The second-order valence-corrected chi connectivity index (χ2v) is 10.8. The van der Waals surface area contributed by atoms with Crippen molar-refractivity contribution in [1.29, 1.82) is 0 Å². The van der Waals surface area contributed by atoms with Crippen molar-refractivity contribution in [2.24, 2.45) is 0 Å². The molecule has 35 heavy (non-hydrogen) atoms. The Morgan fingerprint density at radius 2 is 1.97 bits per heavy atom. The van der Waals surface area contributed by atoms with Crippen molar-refractivity contribution < 1.29 is 13.9 Å². The number of anilines is 1. The van der Waals surface area contributed by atoms with Gasteiger partial charge < -0.3 is 19.4 Å². The van der Waals surface area contributed by atoms with Crippen molar-refractivity contribution in [3.63, 3.8) is 0 Å². The van der Waals surface area contributed by atoms with Gasteiger partial charge in [0, 0.05) is 38.2 Å². The van der Waals surface area contributed by atoms with Gasteiger partial charge in [0.15, 0.2) is 10.9 Å². The van der Waals surface area contributed by atoms with Crippen LogP contribution in [-0.2, 0) is 22.4 Å². The smallest absolute Gasteiger partial charge is 0.287 e. The van der Waals surface area contributed by atoms with Crippen LogP contribution < -0.4 is 10.2 Å². The second-order valence-electron chi connectivity index (χ2n) is 9.89. The molecule has 1 amide bonds. The van der Waals surface area contributed by atoms with Gasteiger partial charge in [0.25, 0.3) is 5.91 Å². The number of aromatic nitrogens is 2. The maximum absolute atomic E-state index is 12.4. The molecule has 1 unspecified atom stereocenters. The molecule has 3 heterocycles. The summed E-state index contributed by atoms with van der Waals surface area (Å²) in [5.74, 6) is 2.22. The van der Waals surface area contributed by atoms with Gasteiger partial charge in [0.2, 0.25) is 0 Å². The van der Waals surface area contributed by atoms with Crippen LogP contribution in [0.25, 0.3) is 0 Å². The summed E-state index contributed by atoms with van der Waals surface area (Å²) < 4.78 is 11.4. The standard InChI is InChI=1S/C27H34N4O3S/c1-27(2,3)23-15-24(31(4)17-19-9-6-5-7-10-19)30-26(29-23)35-18-21-12-13-22(34-21)25(32)28-16-20-11-8-14-33-20/h5-7,9-10,12-13,15,20H,8,11,14,16-18H2,1-4H3,(H,28,32). The quantitative estimate of drug-likeness (QED) is 0.323. The van der Waals surface area contributed by atoms with Crippen LogP contribution in [0, 0.1) is 0 Å². The summed E-state index contributed by atoms with van der Waals surface area (Å²) >= 11 is 1.51. The first kappa shape index (κ1) is 25.3. The number of carbonyl (C=O) groups is 1. The number of nitrogens with zero attached hydrogens (tertiary/aromatic N) is 3. The van der Waals surface area contributed by atoms with E-state index in [9.17, 15) is 4.79 Å². The summed E-state index contributed by atoms with van der Waals surface area (Å²) in [5, 5.41) is 3.59. The SMILES string of the molecule is CN(Cc1ccccc1)c1cc(C(C)(C)C)nc(SCc2ccc(C(=O)NCC3CCCO3)o2)n1. The van der Waals surface area contributed by atoms with Crippen LogP contribution in [0.15, 0.2) is 58.1 Å². The van der Waals surface area contributed by atoms with Gasteiger partial charge in [0.05, 0.1) is 17.6 Å². The molecule has 0 saturated carbocycles. The van der Waals surface area contributed by atoms with E-state index in [1.165, 1.54) is 17.3 Å². The molecule has 1 atom stereocenters. The second kappa shape index (κ2) is 11.3. The van der Waals surface area contributed by atoms with Gasteiger partial charge in [-0.25, -0.2) is 9.97 Å². The van der Waals surface area contributed by atoms with E-state index in [1.807, 2.05) is 31.3 Å². The van der Waals surface area contributed by atoms with Crippen LogP contribution in [0.3, 0.4) is 0 Å². The summed E-state index contributed by atoms with van der Waals surface area (Å²) in [6, 6.07) is 16.0. The molecule has 3 aromatic rings. The number of rotatable bonds is 9. The fourth-order valence-electron chi connectivity index (χ4n) is 3.81. The highest BCUT2D eigenvalue weighted by molar-refractivity contribution is 7.98. The van der Waals surface area contributed by atoms with Gasteiger partial charge in [-0.05, 0) is 30.5 Å². The van der Waals surface area contributed by atoms with E-state index in [0.717, 1.165) is 37.5 Å². The Hall–Kier alpha value is -2.84. The maximum atomic E-state index is 12.4. The topological polar surface area (TPSA) is 80.5 Å². The van der Waals surface area contributed by atoms with E-state index in [-0.39, 0.29) is 17.4 Å². The van der Waals surface area contributed by atoms with Crippen LogP contribution in [0.2, 0.25) is 0 Å². The minimum Gasteiger partial charge on any atom is -0.455 e. The van der Waals surface area contributed by atoms with Crippen molar-refractivity contribution in [3.05, 3.63) is 71.3 Å². The lowest BCUT2D eigenvalue weighted by Crippen LogP contribution is -2.31. The van der Waals surface area contributed by atoms with Gasteiger partial charge in [-0.1, -0.05) is 62.9 Å². The Kier molecular flexibility index (Phi) is 8.13. The van der Waals surface area contributed by atoms with Crippen molar-refractivity contribution in [3.8, 4) is 0 Å². The van der Waals surface area contributed by atoms with E-state index in [4.69, 9.17) is 19.1 Å². The first-order valence-electron chi connectivity index (χ1n) is 12.0. The zero-order valence-corrected chi connectivity index (χ0v) is 21.7. The maximum Gasteiger partial charge on any atom is 0.287 e. The number of amides is 1. The third-order valence-corrected chi connectivity index (χ3v) is 6.73. The number of benzene rings is 1. The minimum absolute atomic E-state index is 0.102. The fourth-order valence-corrected chi connectivity index (χ4v) is 4.56. The highest BCUT2D eigenvalue weighted by Gasteiger charge is 2.21. The molecule has 0 spiro atoms. The average molecular weight is 495 g/mol. The van der Waals surface area contributed by atoms with E-state index >= 15 is 0 Å². The molecule has 1 aromatic carbocycles. The number of hydrogen-bond donors (Lipinski definition) is 1. The van der Waals surface area contributed by atoms with Gasteiger partial charge in [0.1, 0.15) is 11.6 Å². The largest absolute Gasteiger partial charge is 0.455 e. The number of nitrogens with one attached hydrogen (secondary N) is 1. The number of furan rings is 1. The molecule has 2 aromatic heterocycles. The summed E-state index contributed by atoms with van der Waals surface area (Å²) in [4.78, 5) is 24.2. The molecule has 8 heteroatoms. The summed E-state index contributed by atoms with van der Waals surface area (Å²) in [6.07, 6.45) is 2.13. The number of carbonyl (C=O) groups excluding carboxylic acids is 1. The molecule has 0 aliphatic carbocycles. The van der Waals surface area contributed by atoms with E-state index in [0.29, 0.717) is 29.0 Å². The van der Waals surface area contributed by atoms with Crippen molar-refractivity contribution in [2.75, 3.05) is 25.1 Å².